The van der Waals surface area contributed by atoms with Gasteiger partial charge in [0.05, 0.1) is 0 Å². The summed E-state index contributed by atoms with van der Waals surface area (Å²) in [6, 6.07) is 8.26. The Morgan fingerprint density at radius 3 is 2.68 bits per heavy atom. The minimum Gasteiger partial charge on any atom is -0.341 e. The Morgan fingerprint density at radius 1 is 1.18 bits per heavy atom. The molecule has 3 fully saturated rings. The Morgan fingerprint density at radius 2 is 2.00 bits per heavy atom. The van der Waals surface area contributed by atoms with E-state index >= 15 is 0 Å². The average Bonchev–Trinajstić information content (AvgIpc) is 2.95. The second-order valence-electron chi connectivity index (χ2n) is 7.67. The van der Waals surface area contributed by atoms with E-state index in [1.165, 1.54) is 18.4 Å². The molecular weight excluding hydrogens is 294 g/mol. The van der Waals surface area contributed by atoms with E-state index in [1.54, 1.807) is 0 Å². The summed E-state index contributed by atoms with van der Waals surface area (Å²) in [4.78, 5) is 15.1. The van der Waals surface area contributed by atoms with Crippen LogP contribution in [0.15, 0.2) is 36.4 Å². The molecule has 4 aliphatic rings. The van der Waals surface area contributed by atoms with Gasteiger partial charge in [-0.05, 0) is 54.7 Å². The van der Waals surface area contributed by atoms with Gasteiger partial charge in [-0.3, -0.25) is 4.79 Å². The van der Waals surface area contributed by atoms with Gasteiger partial charge in [-0.2, -0.15) is 0 Å². The molecule has 0 aromatic heterocycles. The molecule has 22 heavy (non-hydrogen) atoms. The number of amides is 1. The fourth-order valence-electron chi connectivity index (χ4n) is 5.18. The Balaban J connectivity index is 1.34. The molecule has 0 N–H and O–H groups in total. The predicted octanol–water partition coefficient (Wildman–Crippen LogP) is 3.65. The number of hydrogen-bond acceptors (Lipinski definition) is 1. The van der Waals surface area contributed by atoms with Crippen LogP contribution in [0.3, 0.4) is 0 Å². The summed E-state index contributed by atoms with van der Waals surface area (Å²) in [6.45, 7) is 1.87. The van der Waals surface area contributed by atoms with Crippen LogP contribution in [0.4, 0.5) is 0 Å². The molecular formula is C19H20ClNO. The Bertz CT molecular complexity index is 667. The second kappa shape index (κ2) is 4.38. The van der Waals surface area contributed by atoms with Crippen LogP contribution in [0.25, 0.3) is 0 Å². The zero-order chi connectivity index (χ0) is 14.9. The highest BCUT2D eigenvalue weighted by Gasteiger charge is 2.62. The standard InChI is InChI=1S/C19H20ClNO/c20-16-5-3-14(4-6-16)19-9-15(19)10-21(11-19)18(22)17-8-12-1-2-13(17)7-12/h1-6,12-13,15,17H,7-11H2. The predicted molar refractivity (Wildman–Crippen MR) is 86.7 cm³/mol. The number of likely N-dealkylation sites (tertiary alicyclic amines) is 1. The first kappa shape index (κ1) is 13.2. The van der Waals surface area contributed by atoms with Crippen LogP contribution in [-0.4, -0.2) is 23.9 Å². The fourth-order valence-corrected chi connectivity index (χ4v) is 5.30. The van der Waals surface area contributed by atoms with Crippen molar-refractivity contribution < 1.29 is 4.79 Å². The van der Waals surface area contributed by atoms with Crippen molar-refractivity contribution in [1.82, 2.24) is 4.90 Å². The smallest absolute Gasteiger partial charge is 0.226 e. The molecule has 5 rings (SSSR count). The molecule has 0 radical (unpaired) electrons. The van der Waals surface area contributed by atoms with E-state index < -0.39 is 0 Å². The van der Waals surface area contributed by atoms with E-state index in [-0.39, 0.29) is 11.3 Å². The molecule has 2 nitrogen and oxygen atoms in total. The molecule has 1 aromatic carbocycles. The number of hydrogen-bond donors (Lipinski definition) is 0. The number of nitrogens with zero attached hydrogens (tertiary/aromatic N) is 1. The number of piperidine rings is 1. The monoisotopic (exact) mass is 313 g/mol. The molecule has 5 unspecified atom stereocenters. The average molecular weight is 314 g/mol. The molecule has 1 amide bonds. The van der Waals surface area contributed by atoms with E-state index in [4.69, 9.17) is 11.6 Å². The van der Waals surface area contributed by atoms with E-state index in [9.17, 15) is 4.79 Å². The van der Waals surface area contributed by atoms with E-state index in [2.05, 4.69) is 29.2 Å². The van der Waals surface area contributed by atoms with Crippen LogP contribution >= 0.6 is 11.6 Å². The summed E-state index contributed by atoms with van der Waals surface area (Å²) in [6.07, 6.45) is 8.10. The van der Waals surface area contributed by atoms with E-state index in [0.29, 0.717) is 23.7 Å². The number of carbonyl (C=O) groups is 1. The van der Waals surface area contributed by atoms with Crippen molar-refractivity contribution in [3.63, 3.8) is 0 Å². The van der Waals surface area contributed by atoms with Gasteiger partial charge in [0, 0.05) is 29.4 Å². The number of fused-ring (bicyclic) bond motifs is 3. The van der Waals surface area contributed by atoms with Crippen molar-refractivity contribution in [2.24, 2.45) is 23.7 Å². The lowest BCUT2D eigenvalue weighted by Gasteiger charge is -2.27. The Kier molecular flexibility index (Phi) is 2.63. The Hall–Kier alpha value is -1.28. The van der Waals surface area contributed by atoms with Gasteiger partial charge in [-0.15, -0.1) is 0 Å². The summed E-state index contributed by atoms with van der Waals surface area (Å²) in [5, 5.41) is 0.789. The molecule has 2 saturated carbocycles. The van der Waals surface area contributed by atoms with Crippen molar-refractivity contribution in [3.8, 4) is 0 Å². The molecule has 114 valence electrons. The zero-order valence-electron chi connectivity index (χ0n) is 12.5. The summed E-state index contributed by atoms with van der Waals surface area (Å²) in [5.74, 6) is 2.51. The number of allylic oxidation sites excluding steroid dienone is 2. The lowest BCUT2D eigenvalue weighted by atomic mass is 9.91. The molecule has 1 saturated heterocycles. The zero-order valence-corrected chi connectivity index (χ0v) is 13.3. The lowest BCUT2D eigenvalue weighted by molar-refractivity contribution is -0.135. The lowest BCUT2D eigenvalue weighted by Crippen LogP contribution is -2.38. The maximum atomic E-state index is 12.9. The molecule has 2 bridgehead atoms. The minimum atomic E-state index is 0.230. The third-order valence-electron chi connectivity index (χ3n) is 6.47. The fraction of sp³-hybridized carbons (Fsp3) is 0.526. The van der Waals surface area contributed by atoms with Crippen LogP contribution in [0.5, 0.6) is 0 Å². The molecule has 3 aliphatic carbocycles. The summed E-state index contributed by atoms with van der Waals surface area (Å²) in [5.41, 5.74) is 1.60. The molecule has 0 spiro atoms. The normalized spacial score (nSPS) is 41.0. The van der Waals surface area contributed by atoms with Crippen LogP contribution in [-0.2, 0) is 10.2 Å². The first-order valence-electron chi connectivity index (χ1n) is 8.39. The third kappa shape index (κ3) is 1.76. The van der Waals surface area contributed by atoms with Gasteiger partial charge in [0.25, 0.3) is 0 Å². The number of benzene rings is 1. The number of rotatable bonds is 2. The number of carbonyl (C=O) groups excluding carboxylic acids is 1. The first-order valence-corrected chi connectivity index (χ1v) is 8.77. The van der Waals surface area contributed by atoms with Gasteiger partial charge in [0.2, 0.25) is 5.91 Å². The van der Waals surface area contributed by atoms with Crippen molar-refractivity contribution >= 4 is 17.5 Å². The highest BCUT2D eigenvalue weighted by molar-refractivity contribution is 6.30. The molecule has 1 heterocycles. The van der Waals surface area contributed by atoms with Gasteiger partial charge in [-0.25, -0.2) is 0 Å². The van der Waals surface area contributed by atoms with Crippen molar-refractivity contribution in [1.29, 1.82) is 0 Å². The minimum absolute atomic E-state index is 0.230. The Labute approximate surface area is 136 Å². The summed E-state index contributed by atoms with van der Waals surface area (Å²) >= 11 is 6.01. The highest BCUT2D eigenvalue weighted by Crippen LogP contribution is 2.59. The molecule has 1 aliphatic heterocycles. The largest absolute Gasteiger partial charge is 0.341 e. The maximum Gasteiger partial charge on any atom is 0.226 e. The highest BCUT2D eigenvalue weighted by atomic mass is 35.5. The van der Waals surface area contributed by atoms with Crippen LogP contribution in [0.1, 0.15) is 24.8 Å². The van der Waals surface area contributed by atoms with Gasteiger partial charge >= 0.3 is 0 Å². The van der Waals surface area contributed by atoms with Crippen molar-refractivity contribution in [3.05, 3.63) is 47.0 Å². The van der Waals surface area contributed by atoms with E-state index in [0.717, 1.165) is 24.5 Å². The van der Waals surface area contributed by atoms with Gasteiger partial charge < -0.3 is 4.90 Å². The van der Waals surface area contributed by atoms with Crippen LogP contribution in [0.2, 0.25) is 5.02 Å². The SMILES string of the molecule is O=C(C1CC2C=CC1C2)N1CC2CC2(c2ccc(Cl)cc2)C1. The first-order chi connectivity index (χ1) is 10.7. The van der Waals surface area contributed by atoms with Crippen LogP contribution < -0.4 is 0 Å². The number of halogens is 1. The van der Waals surface area contributed by atoms with Gasteiger partial charge in [0.15, 0.2) is 0 Å². The molecule has 5 atom stereocenters. The molecule has 3 heteroatoms. The van der Waals surface area contributed by atoms with E-state index in [1.807, 2.05) is 12.1 Å². The summed E-state index contributed by atoms with van der Waals surface area (Å²) < 4.78 is 0. The topological polar surface area (TPSA) is 20.3 Å². The van der Waals surface area contributed by atoms with Crippen molar-refractivity contribution in [2.45, 2.75) is 24.7 Å². The van der Waals surface area contributed by atoms with Crippen molar-refractivity contribution in [2.75, 3.05) is 13.1 Å². The second-order valence-corrected chi connectivity index (χ2v) is 8.11. The molecule has 1 aromatic rings. The quantitative estimate of drug-likeness (QED) is 0.763. The third-order valence-corrected chi connectivity index (χ3v) is 6.72. The summed E-state index contributed by atoms with van der Waals surface area (Å²) in [7, 11) is 0. The van der Waals surface area contributed by atoms with Gasteiger partial charge in [-0.1, -0.05) is 35.9 Å². The van der Waals surface area contributed by atoms with Crippen LogP contribution in [0, 0.1) is 23.7 Å². The van der Waals surface area contributed by atoms with Gasteiger partial charge in [0.1, 0.15) is 0 Å². The maximum absolute atomic E-state index is 12.9.